The molecule has 0 aromatic heterocycles. The molecule has 1 N–H and O–H groups in total. The van der Waals surface area contributed by atoms with Crippen LogP contribution >= 0.6 is 23.2 Å². The minimum atomic E-state index is -0.744. The molecule has 5 aromatic carbocycles. The second kappa shape index (κ2) is 21.6. The van der Waals surface area contributed by atoms with Crippen LogP contribution in [0.2, 0.25) is 10.0 Å². The number of likely N-dealkylation sites (tertiary alicyclic amines) is 1. The lowest BCUT2D eigenvalue weighted by atomic mass is 9.88. The van der Waals surface area contributed by atoms with Gasteiger partial charge in [0.2, 0.25) is 5.91 Å². The van der Waals surface area contributed by atoms with Crippen molar-refractivity contribution in [3.8, 4) is 22.6 Å². The molecular formula is C49H53Cl2FN4O5. The summed E-state index contributed by atoms with van der Waals surface area (Å²) in [7, 11) is 0. The normalized spacial score (nSPS) is 15.6. The smallest absolute Gasteiger partial charge is 0.408 e. The fourth-order valence-corrected chi connectivity index (χ4v) is 8.67. The molecule has 0 unspecified atom stereocenters. The van der Waals surface area contributed by atoms with E-state index < -0.39 is 12.1 Å². The zero-order valence-electron chi connectivity index (χ0n) is 34.5. The number of hydrogen-bond acceptors (Lipinski definition) is 7. The third kappa shape index (κ3) is 11.8. The Balaban J connectivity index is 0.983. The first-order chi connectivity index (χ1) is 29.7. The Kier molecular flexibility index (Phi) is 15.6. The number of piperidine rings is 1. The zero-order chi connectivity index (χ0) is 42.6. The van der Waals surface area contributed by atoms with Gasteiger partial charge in [-0.1, -0.05) is 108 Å². The van der Waals surface area contributed by atoms with Gasteiger partial charge in [-0.15, -0.1) is 0 Å². The highest BCUT2D eigenvalue weighted by Gasteiger charge is 2.37. The van der Waals surface area contributed by atoms with Gasteiger partial charge in [0.1, 0.15) is 36.6 Å². The summed E-state index contributed by atoms with van der Waals surface area (Å²) < 4.78 is 32.3. The molecule has 0 aliphatic carbocycles. The van der Waals surface area contributed by atoms with E-state index in [2.05, 4.69) is 15.1 Å². The summed E-state index contributed by atoms with van der Waals surface area (Å²) in [6.45, 7) is 7.57. The standard InChI is InChI=1S/C49H53Cl2FN4O5/c1-2-59-44-17-10-16-43(52)42(44)32-55-27-29-56(30-28-55)48(57)47(53-49(58)61-34-36-13-7-4-8-14-36)37-21-24-54(25-22-37)26-23-38-31-39(50)19-20-40(38)41-15-9-18-45(46(41)51)60-33-35-11-5-3-6-12-35/h3-20,31,37,47H,2,21-30,32-34H2,1H3,(H,53,58)/t47-/m1/s1. The van der Waals surface area contributed by atoms with Crippen LogP contribution in [0, 0.1) is 11.7 Å². The van der Waals surface area contributed by atoms with Gasteiger partial charge in [-0.05, 0) is 97.8 Å². The second-order valence-electron chi connectivity index (χ2n) is 15.6. The molecule has 5 aromatic rings. The van der Waals surface area contributed by atoms with Gasteiger partial charge in [0.05, 0.1) is 11.6 Å². The molecule has 2 aliphatic heterocycles. The quantitative estimate of drug-likeness (QED) is 0.106. The minimum absolute atomic E-state index is 0.0858. The predicted octanol–water partition coefficient (Wildman–Crippen LogP) is 9.67. The molecule has 2 heterocycles. The summed E-state index contributed by atoms with van der Waals surface area (Å²) >= 11 is 13.5. The van der Waals surface area contributed by atoms with E-state index in [-0.39, 0.29) is 24.2 Å². The summed E-state index contributed by atoms with van der Waals surface area (Å²) in [5, 5.41) is 4.18. The van der Waals surface area contributed by atoms with Crippen LogP contribution < -0.4 is 14.8 Å². The van der Waals surface area contributed by atoms with Crippen molar-refractivity contribution in [1.29, 1.82) is 0 Å². The maximum Gasteiger partial charge on any atom is 0.408 e. The number of hydrogen-bond donors (Lipinski definition) is 1. The van der Waals surface area contributed by atoms with Crippen LogP contribution in [-0.2, 0) is 35.7 Å². The van der Waals surface area contributed by atoms with Crippen molar-refractivity contribution in [1.82, 2.24) is 20.0 Å². The molecule has 7 rings (SSSR count). The summed E-state index contributed by atoms with van der Waals surface area (Å²) in [5.41, 5.74) is 5.40. The van der Waals surface area contributed by atoms with Crippen molar-refractivity contribution in [2.45, 2.75) is 52.0 Å². The molecular weight excluding hydrogens is 814 g/mol. The molecule has 0 spiro atoms. The van der Waals surface area contributed by atoms with Crippen LogP contribution in [0.15, 0.2) is 115 Å². The van der Waals surface area contributed by atoms with Crippen LogP contribution in [0.25, 0.3) is 11.1 Å². The molecule has 0 saturated carbocycles. The van der Waals surface area contributed by atoms with Crippen LogP contribution in [0.3, 0.4) is 0 Å². The molecule has 2 fully saturated rings. The Morgan fingerprint density at radius 1 is 0.738 bits per heavy atom. The number of rotatable bonds is 16. The van der Waals surface area contributed by atoms with Crippen LogP contribution in [0.4, 0.5) is 9.18 Å². The van der Waals surface area contributed by atoms with Crippen molar-refractivity contribution in [3.05, 3.63) is 153 Å². The number of carbonyl (C=O) groups is 2. The average molecular weight is 868 g/mol. The number of ether oxygens (including phenoxy) is 3. The maximum atomic E-state index is 14.9. The van der Waals surface area contributed by atoms with Crippen LogP contribution in [-0.4, -0.2) is 85.2 Å². The molecule has 9 nitrogen and oxygen atoms in total. The first-order valence-electron chi connectivity index (χ1n) is 21.1. The van der Waals surface area contributed by atoms with Crippen molar-refractivity contribution in [2.75, 3.05) is 52.4 Å². The molecule has 1 atom stereocenters. The summed E-state index contributed by atoms with van der Waals surface area (Å²) in [6, 6.07) is 35.4. The molecule has 2 amide bonds. The Labute approximate surface area is 368 Å². The first-order valence-corrected chi connectivity index (χ1v) is 21.9. The second-order valence-corrected chi connectivity index (χ2v) is 16.4. The molecule has 0 bridgehead atoms. The number of alkyl carbamates (subject to hydrolysis) is 1. The number of amides is 2. The highest BCUT2D eigenvalue weighted by molar-refractivity contribution is 6.35. The number of nitrogens with one attached hydrogen (secondary N) is 1. The van der Waals surface area contributed by atoms with Gasteiger partial charge in [-0.3, -0.25) is 9.69 Å². The molecule has 0 radical (unpaired) electrons. The third-order valence-electron chi connectivity index (χ3n) is 11.6. The monoisotopic (exact) mass is 866 g/mol. The number of nitrogens with zero attached hydrogens (tertiary/aromatic N) is 3. The molecule has 61 heavy (non-hydrogen) atoms. The van der Waals surface area contributed by atoms with E-state index in [1.54, 1.807) is 12.1 Å². The van der Waals surface area contributed by atoms with E-state index in [0.29, 0.717) is 73.0 Å². The highest BCUT2D eigenvalue weighted by Crippen LogP contribution is 2.38. The van der Waals surface area contributed by atoms with E-state index in [1.165, 1.54) is 6.07 Å². The summed E-state index contributed by atoms with van der Waals surface area (Å²) in [4.78, 5) is 34.0. The lowest BCUT2D eigenvalue weighted by Crippen LogP contribution is -2.58. The zero-order valence-corrected chi connectivity index (χ0v) is 36.1. The predicted molar refractivity (Wildman–Crippen MR) is 239 cm³/mol. The van der Waals surface area contributed by atoms with Gasteiger partial charge in [0.25, 0.3) is 0 Å². The Morgan fingerprint density at radius 2 is 1.41 bits per heavy atom. The van der Waals surface area contributed by atoms with Crippen LogP contribution in [0.5, 0.6) is 11.5 Å². The van der Waals surface area contributed by atoms with Crippen molar-refractivity contribution >= 4 is 35.2 Å². The van der Waals surface area contributed by atoms with Gasteiger partial charge in [-0.2, -0.15) is 0 Å². The van der Waals surface area contributed by atoms with E-state index in [4.69, 9.17) is 37.4 Å². The number of halogens is 3. The van der Waals surface area contributed by atoms with Gasteiger partial charge < -0.3 is 29.3 Å². The average Bonchev–Trinajstić information content (AvgIpc) is 3.29. The van der Waals surface area contributed by atoms with Gasteiger partial charge in [0.15, 0.2) is 0 Å². The fourth-order valence-electron chi connectivity index (χ4n) is 8.19. The first kappa shape index (κ1) is 43.9. The fraction of sp³-hybridized carbons (Fsp3) is 0.347. The highest BCUT2D eigenvalue weighted by atomic mass is 35.5. The third-order valence-corrected chi connectivity index (χ3v) is 12.2. The minimum Gasteiger partial charge on any atom is -0.493 e. The van der Waals surface area contributed by atoms with E-state index >= 15 is 0 Å². The largest absolute Gasteiger partial charge is 0.493 e. The molecule has 2 aliphatic rings. The van der Waals surface area contributed by atoms with Gasteiger partial charge in [-0.25, -0.2) is 9.18 Å². The number of benzene rings is 5. The van der Waals surface area contributed by atoms with Crippen molar-refractivity contribution in [3.63, 3.8) is 0 Å². The van der Waals surface area contributed by atoms with E-state index in [9.17, 15) is 14.0 Å². The van der Waals surface area contributed by atoms with Gasteiger partial charge in [0, 0.05) is 55.4 Å². The summed E-state index contributed by atoms with van der Waals surface area (Å²) in [5.74, 6) is 0.649. The van der Waals surface area contributed by atoms with Crippen LogP contribution in [0.1, 0.15) is 42.0 Å². The lowest BCUT2D eigenvalue weighted by molar-refractivity contribution is -0.137. The lowest BCUT2D eigenvalue weighted by Gasteiger charge is -2.40. The molecule has 2 saturated heterocycles. The van der Waals surface area contributed by atoms with Crippen molar-refractivity contribution < 1.29 is 28.2 Å². The number of carbonyl (C=O) groups excluding carboxylic acids is 2. The van der Waals surface area contributed by atoms with E-state index in [0.717, 1.165) is 66.7 Å². The van der Waals surface area contributed by atoms with Crippen molar-refractivity contribution in [2.24, 2.45) is 5.92 Å². The Hall–Kier alpha value is -5.13. The topological polar surface area (TPSA) is 83.6 Å². The molecule has 12 heteroatoms. The maximum absolute atomic E-state index is 14.9. The Morgan fingerprint density at radius 3 is 2.11 bits per heavy atom. The molecule has 320 valence electrons. The number of piperazine rings is 1. The van der Waals surface area contributed by atoms with Gasteiger partial charge >= 0.3 is 6.09 Å². The van der Waals surface area contributed by atoms with E-state index in [1.807, 2.05) is 109 Å². The SMILES string of the molecule is CCOc1cccc(F)c1CN1CCN(C(=O)[C@H](NC(=O)OCc2ccccc2)C2CCN(CCc3cc(Cl)ccc3-c3cccc(OCc4ccccc4)c3Cl)CC2)CC1. The summed E-state index contributed by atoms with van der Waals surface area (Å²) in [6.07, 6.45) is 1.56. The Bertz CT molecular complexity index is 2220.